The number of aryl methyl sites for hydroxylation is 1. The van der Waals surface area contributed by atoms with Crippen LogP contribution >= 0.6 is 0 Å². The van der Waals surface area contributed by atoms with Crippen molar-refractivity contribution in [2.75, 3.05) is 6.54 Å². The van der Waals surface area contributed by atoms with Crippen LogP contribution in [-0.4, -0.2) is 34.7 Å². The molecule has 4 heteroatoms. The Bertz CT molecular complexity index is 389. The summed E-state index contributed by atoms with van der Waals surface area (Å²) >= 11 is 0. The first-order valence-electron chi connectivity index (χ1n) is 7.17. The lowest BCUT2D eigenvalue weighted by Gasteiger charge is -2.38. The van der Waals surface area contributed by atoms with Crippen molar-refractivity contribution in [3.8, 4) is 0 Å². The third-order valence-corrected chi connectivity index (χ3v) is 4.39. The second-order valence-electron chi connectivity index (χ2n) is 5.72. The number of rotatable bonds is 4. The van der Waals surface area contributed by atoms with Gasteiger partial charge in [-0.15, -0.1) is 0 Å². The minimum atomic E-state index is 0.722. The highest BCUT2D eigenvalue weighted by atomic mass is 16.5. The molecule has 0 spiro atoms. The summed E-state index contributed by atoms with van der Waals surface area (Å²) in [5.74, 6) is 1.02. The summed E-state index contributed by atoms with van der Waals surface area (Å²) in [6.45, 7) is 6.21. The number of hydrogen-bond donors (Lipinski definition) is 1. The molecule has 0 amide bonds. The highest BCUT2D eigenvalue weighted by Crippen LogP contribution is 2.36. The van der Waals surface area contributed by atoms with Crippen molar-refractivity contribution in [1.82, 2.24) is 15.4 Å². The summed E-state index contributed by atoms with van der Waals surface area (Å²) in [5.41, 5.74) is 0.986. The molecule has 1 aromatic rings. The Labute approximate surface area is 109 Å². The van der Waals surface area contributed by atoms with E-state index in [0.29, 0.717) is 0 Å². The molecule has 2 bridgehead atoms. The Morgan fingerprint density at radius 2 is 2.11 bits per heavy atom. The predicted molar refractivity (Wildman–Crippen MR) is 70.3 cm³/mol. The van der Waals surface area contributed by atoms with E-state index in [0.717, 1.165) is 42.7 Å². The second kappa shape index (κ2) is 5.02. The van der Waals surface area contributed by atoms with Crippen LogP contribution in [0.4, 0.5) is 0 Å². The minimum absolute atomic E-state index is 0.722. The highest BCUT2D eigenvalue weighted by molar-refractivity contribution is 5.06. The maximum Gasteiger partial charge on any atom is 0.150 e. The van der Waals surface area contributed by atoms with E-state index in [1.807, 2.05) is 6.92 Å². The number of nitrogens with zero attached hydrogens (tertiary/aromatic N) is 2. The smallest absolute Gasteiger partial charge is 0.150 e. The largest absolute Gasteiger partial charge is 0.360 e. The molecule has 2 aliphatic heterocycles. The van der Waals surface area contributed by atoms with Gasteiger partial charge in [0.1, 0.15) is 0 Å². The van der Waals surface area contributed by atoms with Gasteiger partial charge >= 0.3 is 0 Å². The molecule has 2 saturated heterocycles. The molecule has 0 saturated carbocycles. The highest BCUT2D eigenvalue weighted by Gasteiger charge is 2.40. The molecule has 18 heavy (non-hydrogen) atoms. The van der Waals surface area contributed by atoms with E-state index >= 15 is 0 Å². The molecule has 2 fully saturated rings. The molecule has 0 aromatic carbocycles. The normalized spacial score (nSPS) is 32.0. The molecule has 2 aliphatic rings. The molecular formula is C14H23N3O. The molecule has 2 unspecified atom stereocenters. The Balaban J connectivity index is 1.65. The van der Waals surface area contributed by atoms with Gasteiger partial charge in [0.2, 0.25) is 0 Å². The molecule has 2 atom stereocenters. The lowest BCUT2D eigenvalue weighted by Crippen LogP contribution is -2.48. The number of aromatic nitrogens is 1. The van der Waals surface area contributed by atoms with Crippen LogP contribution in [0.1, 0.15) is 44.1 Å². The van der Waals surface area contributed by atoms with Gasteiger partial charge in [-0.25, -0.2) is 0 Å². The molecule has 100 valence electrons. The van der Waals surface area contributed by atoms with E-state index in [1.165, 1.54) is 25.7 Å². The third-order valence-electron chi connectivity index (χ3n) is 4.39. The van der Waals surface area contributed by atoms with Gasteiger partial charge in [0.15, 0.2) is 5.76 Å². The fraction of sp³-hybridized carbons (Fsp3) is 0.786. The molecular weight excluding hydrogens is 226 g/mol. The zero-order valence-corrected chi connectivity index (χ0v) is 11.4. The molecule has 1 N–H and O–H groups in total. The number of nitrogens with one attached hydrogen (secondary N) is 1. The van der Waals surface area contributed by atoms with Crippen LogP contribution in [0.5, 0.6) is 0 Å². The SMILES string of the molecule is CCNC1CC2CCC(C1)N2Cc1cc(C)no1. The van der Waals surface area contributed by atoms with Gasteiger partial charge in [-0.3, -0.25) is 4.90 Å². The molecule has 0 radical (unpaired) electrons. The average Bonchev–Trinajstić information content (AvgIpc) is 2.83. The molecule has 0 aliphatic carbocycles. The van der Waals surface area contributed by atoms with E-state index < -0.39 is 0 Å². The monoisotopic (exact) mass is 249 g/mol. The summed E-state index contributed by atoms with van der Waals surface area (Å²) in [7, 11) is 0. The van der Waals surface area contributed by atoms with Crippen molar-refractivity contribution in [1.29, 1.82) is 0 Å². The zero-order chi connectivity index (χ0) is 12.5. The van der Waals surface area contributed by atoms with Crippen molar-refractivity contribution >= 4 is 0 Å². The predicted octanol–water partition coefficient (Wildman–Crippen LogP) is 2.09. The van der Waals surface area contributed by atoms with Gasteiger partial charge in [-0.05, 0) is 39.2 Å². The number of piperidine rings is 1. The average molecular weight is 249 g/mol. The first-order chi connectivity index (χ1) is 8.76. The zero-order valence-electron chi connectivity index (χ0n) is 11.4. The first-order valence-corrected chi connectivity index (χ1v) is 7.17. The third kappa shape index (κ3) is 2.31. The van der Waals surface area contributed by atoms with Gasteiger partial charge < -0.3 is 9.84 Å². The molecule has 3 heterocycles. The van der Waals surface area contributed by atoms with Crippen LogP contribution in [0, 0.1) is 6.92 Å². The summed E-state index contributed by atoms with van der Waals surface area (Å²) in [6, 6.07) is 4.26. The molecule has 1 aromatic heterocycles. The minimum Gasteiger partial charge on any atom is -0.360 e. The van der Waals surface area contributed by atoms with Crippen molar-refractivity contribution in [3.63, 3.8) is 0 Å². The van der Waals surface area contributed by atoms with Crippen molar-refractivity contribution < 1.29 is 4.52 Å². The fourth-order valence-electron chi connectivity index (χ4n) is 3.66. The molecule has 4 nitrogen and oxygen atoms in total. The van der Waals surface area contributed by atoms with E-state index in [4.69, 9.17) is 4.52 Å². The van der Waals surface area contributed by atoms with E-state index in [2.05, 4.69) is 28.4 Å². The summed E-state index contributed by atoms with van der Waals surface area (Å²) in [5, 5.41) is 7.59. The van der Waals surface area contributed by atoms with Crippen molar-refractivity contribution in [2.45, 2.75) is 64.2 Å². The van der Waals surface area contributed by atoms with Crippen LogP contribution in [0.3, 0.4) is 0 Å². The standard InChI is InChI=1S/C14H23N3O/c1-3-15-11-7-12-4-5-13(8-11)17(12)9-14-6-10(2)16-18-14/h6,11-13,15H,3-5,7-9H2,1-2H3. The Morgan fingerprint density at radius 1 is 1.39 bits per heavy atom. The Morgan fingerprint density at radius 3 is 2.67 bits per heavy atom. The quantitative estimate of drug-likeness (QED) is 0.887. The van der Waals surface area contributed by atoms with Gasteiger partial charge in [-0.1, -0.05) is 12.1 Å². The maximum absolute atomic E-state index is 5.36. The van der Waals surface area contributed by atoms with Crippen molar-refractivity contribution in [3.05, 3.63) is 17.5 Å². The Kier molecular flexibility index (Phi) is 3.39. The van der Waals surface area contributed by atoms with E-state index in [9.17, 15) is 0 Å². The summed E-state index contributed by atoms with van der Waals surface area (Å²) in [4.78, 5) is 2.63. The van der Waals surface area contributed by atoms with Crippen molar-refractivity contribution in [2.24, 2.45) is 0 Å². The summed E-state index contributed by atoms with van der Waals surface area (Å²) < 4.78 is 5.36. The van der Waals surface area contributed by atoms with Crippen LogP contribution in [0.15, 0.2) is 10.6 Å². The second-order valence-corrected chi connectivity index (χ2v) is 5.72. The van der Waals surface area contributed by atoms with Gasteiger partial charge in [0, 0.05) is 24.2 Å². The lowest BCUT2D eigenvalue weighted by atomic mass is 9.97. The molecule has 3 rings (SSSR count). The van der Waals surface area contributed by atoms with Crippen LogP contribution in [0.25, 0.3) is 0 Å². The van der Waals surface area contributed by atoms with Crippen LogP contribution in [-0.2, 0) is 6.54 Å². The summed E-state index contributed by atoms with van der Waals surface area (Å²) in [6.07, 6.45) is 5.27. The van der Waals surface area contributed by atoms with Crippen LogP contribution in [0.2, 0.25) is 0 Å². The number of hydrogen-bond acceptors (Lipinski definition) is 4. The maximum atomic E-state index is 5.36. The topological polar surface area (TPSA) is 41.3 Å². The van der Waals surface area contributed by atoms with Gasteiger partial charge in [-0.2, -0.15) is 0 Å². The van der Waals surface area contributed by atoms with E-state index in [1.54, 1.807) is 0 Å². The first kappa shape index (κ1) is 12.2. The fourth-order valence-corrected chi connectivity index (χ4v) is 3.66. The van der Waals surface area contributed by atoms with Gasteiger partial charge in [0.25, 0.3) is 0 Å². The lowest BCUT2D eigenvalue weighted by molar-refractivity contribution is 0.0987. The number of fused-ring (bicyclic) bond motifs is 2. The van der Waals surface area contributed by atoms with E-state index in [-0.39, 0.29) is 0 Å². The van der Waals surface area contributed by atoms with Crippen LogP contribution < -0.4 is 5.32 Å². The van der Waals surface area contributed by atoms with Gasteiger partial charge in [0.05, 0.1) is 12.2 Å². The Hall–Kier alpha value is -0.870.